The number of carbonyl (C=O) groups is 2. The van der Waals surface area contributed by atoms with Crippen molar-refractivity contribution in [2.24, 2.45) is 0 Å². The lowest BCUT2D eigenvalue weighted by Gasteiger charge is -2.11. The second-order valence-electron chi connectivity index (χ2n) is 5.77. The van der Waals surface area contributed by atoms with E-state index in [1.165, 1.54) is 0 Å². The van der Waals surface area contributed by atoms with Gasteiger partial charge in [-0.3, -0.25) is 4.79 Å². The minimum Gasteiger partial charge on any atom is -0.493 e. The van der Waals surface area contributed by atoms with Crippen molar-refractivity contribution in [1.29, 1.82) is 0 Å². The Kier molecular flexibility index (Phi) is 5.51. The number of nitrogens with one attached hydrogen (secondary N) is 2. The number of fused-ring (bicyclic) bond motifs is 1. The number of rotatable bonds is 6. The molecule has 0 spiro atoms. The topological polar surface area (TPSA) is 76.7 Å². The number of alkyl carbamates (subject to hydrolysis) is 1. The van der Waals surface area contributed by atoms with E-state index < -0.39 is 6.09 Å². The maximum atomic E-state index is 11.9. The first-order valence-electron chi connectivity index (χ1n) is 8.15. The molecule has 3 rings (SSSR count). The van der Waals surface area contributed by atoms with Crippen molar-refractivity contribution in [2.75, 3.05) is 19.7 Å². The number of benzene rings is 2. The minimum absolute atomic E-state index is 0.122. The molecular formula is C19H20N2O4. The molecule has 1 heterocycles. The van der Waals surface area contributed by atoms with Crippen LogP contribution < -0.4 is 15.4 Å². The fourth-order valence-corrected chi connectivity index (χ4v) is 2.62. The molecule has 6 nitrogen and oxygen atoms in total. The predicted molar refractivity (Wildman–Crippen MR) is 92.3 cm³/mol. The maximum absolute atomic E-state index is 11.9. The van der Waals surface area contributed by atoms with E-state index in [-0.39, 0.29) is 25.0 Å². The second kappa shape index (κ2) is 8.19. The molecule has 0 saturated heterocycles. The highest BCUT2D eigenvalue weighted by molar-refractivity contribution is 5.82. The lowest BCUT2D eigenvalue weighted by atomic mass is 10.0. The fourth-order valence-electron chi connectivity index (χ4n) is 2.62. The number of ether oxygens (including phenoxy) is 2. The van der Waals surface area contributed by atoms with Crippen LogP contribution >= 0.6 is 0 Å². The van der Waals surface area contributed by atoms with Crippen LogP contribution in [0.15, 0.2) is 54.6 Å². The maximum Gasteiger partial charge on any atom is 0.407 e. The van der Waals surface area contributed by atoms with E-state index in [0.29, 0.717) is 13.2 Å². The molecule has 6 heteroatoms. The first-order chi connectivity index (χ1) is 12.2. The third-order valence-electron chi connectivity index (χ3n) is 3.95. The van der Waals surface area contributed by atoms with Gasteiger partial charge in [0.1, 0.15) is 12.4 Å². The molecule has 130 valence electrons. The Bertz CT molecular complexity index is 733. The van der Waals surface area contributed by atoms with Gasteiger partial charge in [-0.15, -0.1) is 0 Å². The molecule has 2 amide bonds. The minimum atomic E-state index is -0.617. The molecule has 0 aliphatic carbocycles. The van der Waals surface area contributed by atoms with Gasteiger partial charge >= 0.3 is 6.09 Å². The molecule has 0 bridgehead atoms. The number of amides is 2. The normalized spacial score (nSPS) is 15.0. The Hall–Kier alpha value is -3.02. The predicted octanol–water partition coefficient (Wildman–Crippen LogP) is 2.21. The van der Waals surface area contributed by atoms with Crippen molar-refractivity contribution in [3.63, 3.8) is 0 Å². The smallest absolute Gasteiger partial charge is 0.407 e. The lowest BCUT2D eigenvalue weighted by molar-refractivity contribution is -0.120. The van der Waals surface area contributed by atoms with Gasteiger partial charge in [0.15, 0.2) is 0 Å². The van der Waals surface area contributed by atoms with Crippen molar-refractivity contribution < 1.29 is 19.1 Å². The molecule has 1 aliphatic heterocycles. The summed E-state index contributed by atoms with van der Waals surface area (Å²) in [5.41, 5.74) is 1.99. The molecule has 25 heavy (non-hydrogen) atoms. The van der Waals surface area contributed by atoms with Crippen LogP contribution in [0.2, 0.25) is 0 Å². The molecule has 0 fully saturated rings. The van der Waals surface area contributed by atoms with Crippen LogP contribution in [0.4, 0.5) is 4.79 Å². The Labute approximate surface area is 146 Å². The number of hydrogen-bond donors (Lipinski definition) is 2. The van der Waals surface area contributed by atoms with Gasteiger partial charge in [-0.25, -0.2) is 4.79 Å². The number of carbonyl (C=O) groups excluding carboxylic acids is 2. The Morgan fingerprint density at radius 1 is 1.04 bits per heavy atom. The highest BCUT2D eigenvalue weighted by Gasteiger charge is 2.23. The summed E-state index contributed by atoms with van der Waals surface area (Å²) in [5, 5.41) is 5.25. The van der Waals surface area contributed by atoms with E-state index in [4.69, 9.17) is 9.47 Å². The summed E-state index contributed by atoms with van der Waals surface area (Å²) in [6, 6.07) is 17.1. The van der Waals surface area contributed by atoms with Crippen LogP contribution in [0, 0.1) is 0 Å². The molecular weight excluding hydrogens is 320 g/mol. The number of hydrogen-bond acceptors (Lipinski definition) is 4. The number of para-hydroxylation sites is 1. The highest BCUT2D eigenvalue weighted by atomic mass is 16.5. The molecule has 1 atom stereocenters. The van der Waals surface area contributed by atoms with Crippen LogP contribution in [-0.4, -0.2) is 31.7 Å². The van der Waals surface area contributed by atoms with E-state index in [2.05, 4.69) is 10.6 Å². The first-order valence-corrected chi connectivity index (χ1v) is 8.15. The summed E-state index contributed by atoms with van der Waals surface area (Å²) in [5.74, 6) is 0.732. The second-order valence-corrected chi connectivity index (χ2v) is 5.77. The Morgan fingerprint density at radius 3 is 2.64 bits per heavy atom. The van der Waals surface area contributed by atoms with Gasteiger partial charge in [0.25, 0.3) is 0 Å². The average molecular weight is 340 g/mol. The van der Waals surface area contributed by atoms with Gasteiger partial charge in [0.2, 0.25) is 5.91 Å². The SMILES string of the molecule is O=C(CNC(=O)OCc1ccccc1)NC[C@H]1COc2ccccc21. The summed E-state index contributed by atoms with van der Waals surface area (Å²) in [6.07, 6.45) is -0.617. The van der Waals surface area contributed by atoms with Crippen LogP contribution in [0.3, 0.4) is 0 Å². The van der Waals surface area contributed by atoms with Gasteiger partial charge in [0.05, 0.1) is 13.2 Å². The van der Waals surface area contributed by atoms with Crippen LogP contribution in [0.25, 0.3) is 0 Å². The Morgan fingerprint density at radius 2 is 1.80 bits per heavy atom. The molecule has 0 aromatic heterocycles. The van der Waals surface area contributed by atoms with Crippen molar-refractivity contribution >= 4 is 12.0 Å². The summed E-state index contributed by atoms with van der Waals surface area (Å²) in [7, 11) is 0. The average Bonchev–Trinajstić information content (AvgIpc) is 3.07. The molecule has 0 saturated carbocycles. The summed E-state index contributed by atoms with van der Waals surface area (Å²) in [6.45, 7) is 1.07. The zero-order valence-corrected chi connectivity index (χ0v) is 13.7. The van der Waals surface area contributed by atoms with Crippen molar-refractivity contribution in [3.05, 3.63) is 65.7 Å². The van der Waals surface area contributed by atoms with Gasteiger partial charge in [0, 0.05) is 18.0 Å². The zero-order valence-electron chi connectivity index (χ0n) is 13.7. The summed E-state index contributed by atoms with van der Waals surface area (Å²) in [4.78, 5) is 23.5. The molecule has 2 N–H and O–H groups in total. The van der Waals surface area contributed by atoms with Crippen molar-refractivity contribution in [2.45, 2.75) is 12.5 Å². The van der Waals surface area contributed by atoms with E-state index in [1.807, 2.05) is 54.6 Å². The van der Waals surface area contributed by atoms with E-state index in [9.17, 15) is 9.59 Å². The quantitative estimate of drug-likeness (QED) is 0.845. The van der Waals surface area contributed by atoms with Crippen molar-refractivity contribution in [1.82, 2.24) is 10.6 Å². The summed E-state index contributed by atoms with van der Waals surface area (Å²) < 4.78 is 10.6. The van der Waals surface area contributed by atoms with Gasteiger partial charge < -0.3 is 20.1 Å². The third-order valence-corrected chi connectivity index (χ3v) is 3.95. The first kappa shape index (κ1) is 16.8. The van der Waals surface area contributed by atoms with Crippen LogP contribution in [-0.2, 0) is 16.1 Å². The van der Waals surface area contributed by atoms with Crippen LogP contribution in [0.1, 0.15) is 17.0 Å². The fraction of sp³-hybridized carbons (Fsp3) is 0.263. The van der Waals surface area contributed by atoms with Gasteiger partial charge in [-0.2, -0.15) is 0 Å². The molecule has 2 aromatic carbocycles. The van der Waals surface area contributed by atoms with Gasteiger partial charge in [-0.1, -0.05) is 48.5 Å². The molecule has 0 radical (unpaired) electrons. The van der Waals surface area contributed by atoms with Gasteiger partial charge in [-0.05, 0) is 11.6 Å². The molecule has 0 unspecified atom stereocenters. The van der Waals surface area contributed by atoms with Crippen molar-refractivity contribution in [3.8, 4) is 5.75 Å². The van der Waals surface area contributed by atoms with Crippen LogP contribution in [0.5, 0.6) is 5.75 Å². The van der Waals surface area contributed by atoms with E-state index >= 15 is 0 Å². The molecule has 2 aromatic rings. The Balaban J connectivity index is 1.35. The lowest BCUT2D eigenvalue weighted by Crippen LogP contribution is -2.38. The zero-order chi connectivity index (χ0) is 17.5. The third kappa shape index (κ3) is 4.73. The van der Waals surface area contributed by atoms with E-state index in [0.717, 1.165) is 16.9 Å². The van der Waals surface area contributed by atoms with E-state index in [1.54, 1.807) is 0 Å². The standard InChI is InChI=1S/C19H20N2O4/c22-18(11-21-19(23)25-12-14-6-2-1-3-7-14)20-10-15-13-24-17-9-5-4-8-16(15)17/h1-9,15H,10-13H2,(H,20,22)(H,21,23)/t15-/m0/s1. The summed E-state index contributed by atoms with van der Waals surface area (Å²) >= 11 is 0. The highest BCUT2D eigenvalue weighted by Crippen LogP contribution is 2.32. The monoisotopic (exact) mass is 340 g/mol. The largest absolute Gasteiger partial charge is 0.493 e. The molecule has 1 aliphatic rings.